The van der Waals surface area contributed by atoms with Crippen molar-refractivity contribution in [3.8, 4) is 17.6 Å². The predicted octanol–water partition coefficient (Wildman–Crippen LogP) is 36.3. The second-order valence-electron chi connectivity index (χ2n) is 46.6. The summed E-state index contributed by atoms with van der Waals surface area (Å²) < 4.78 is 5.08. The van der Waals surface area contributed by atoms with E-state index in [1.54, 1.807) is 19.5 Å². The van der Waals surface area contributed by atoms with Crippen molar-refractivity contribution < 1.29 is 9.53 Å². The molecule has 1 aromatic heterocycles. The third-order valence-corrected chi connectivity index (χ3v) is 16.1. The molecule has 0 amide bonds. The molecule has 0 N–H and O–H groups in total. The van der Waals surface area contributed by atoms with E-state index in [0.717, 1.165) is 43.8 Å². The number of hydrogen-bond acceptors (Lipinski definition) is 3. The van der Waals surface area contributed by atoms with Gasteiger partial charge < -0.3 is 4.74 Å². The maximum absolute atomic E-state index is 11.6. The predicted molar refractivity (Wildman–Crippen MR) is 509 cm³/mol. The van der Waals surface area contributed by atoms with Gasteiger partial charge in [-0.25, -0.2) is 0 Å². The molecule has 3 heteroatoms. The van der Waals surface area contributed by atoms with E-state index in [4.69, 9.17) is 4.74 Å². The number of benzene rings is 3. The zero-order valence-electron chi connectivity index (χ0n) is 84.0. The van der Waals surface area contributed by atoms with E-state index in [9.17, 15) is 4.79 Å². The number of methoxy groups -OCH3 is 1. The maximum Gasteiger partial charge on any atom is 0.138 e. The van der Waals surface area contributed by atoms with Gasteiger partial charge in [-0.1, -0.05) is 447 Å². The van der Waals surface area contributed by atoms with Crippen LogP contribution < -0.4 is 4.74 Å². The molecule has 0 unspecified atom stereocenters. The molecule has 646 valence electrons. The van der Waals surface area contributed by atoms with Crippen LogP contribution in [0.2, 0.25) is 0 Å². The van der Waals surface area contributed by atoms with Crippen LogP contribution in [0.1, 0.15) is 451 Å². The van der Waals surface area contributed by atoms with Gasteiger partial charge in [0.2, 0.25) is 0 Å². The van der Waals surface area contributed by atoms with Gasteiger partial charge in [-0.3, -0.25) is 9.78 Å². The van der Waals surface area contributed by atoms with Gasteiger partial charge in [-0.05, 0) is 179 Å². The van der Waals surface area contributed by atoms with E-state index >= 15 is 0 Å². The molecule has 110 heavy (non-hydrogen) atoms. The van der Waals surface area contributed by atoms with Gasteiger partial charge in [-0.15, -0.1) is 5.92 Å². The van der Waals surface area contributed by atoms with Gasteiger partial charge >= 0.3 is 0 Å². The van der Waals surface area contributed by atoms with Crippen molar-refractivity contribution in [1.29, 1.82) is 0 Å². The smallest absolute Gasteiger partial charge is 0.138 e. The Bertz CT molecular complexity index is 2610. The Balaban J connectivity index is -0.000000173. The third-order valence-electron chi connectivity index (χ3n) is 16.1. The number of ketones is 1. The third kappa shape index (κ3) is 122. The molecule has 3 nitrogen and oxygen atoms in total. The second-order valence-corrected chi connectivity index (χ2v) is 46.6. The fourth-order valence-electron chi connectivity index (χ4n) is 9.26. The van der Waals surface area contributed by atoms with Crippen LogP contribution in [0.5, 0.6) is 5.75 Å². The number of pyridine rings is 1. The van der Waals surface area contributed by atoms with E-state index in [2.05, 4.69) is 387 Å². The SMILES string of the molecule is CC(C)(C)C.CC(C)(C)C#CCC(C)(C)C.CC(C)(C)CC1CCCCC1.CC(C)(C)CCCC(=O)C(C)(C)C.CC(C)(C)CCc1ccccc1.CC(C)(C)Cc1ccccc1.CCC.CCC(C)(C)C.CCC(C)(C)C.CCCC(C)(C)C.CCCC(C)(C)C.COc1ccc(C(C)(C)C)cc1.c1ccncc1. The molecule has 5 rings (SSSR count). The summed E-state index contributed by atoms with van der Waals surface area (Å²) in [5, 5.41) is 0. The van der Waals surface area contributed by atoms with E-state index in [0.29, 0.717) is 59.9 Å². The van der Waals surface area contributed by atoms with Crippen LogP contribution in [-0.4, -0.2) is 17.9 Å². The molecule has 1 aliphatic rings. The maximum atomic E-state index is 11.6. The zero-order valence-corrected chi connectivity index (χ0v) is 84.0. The summed E-state index contributed by atoms with van der Waals surface area (Å²) in [7, 11) is 1.69. The number of carbonyl (C=O) groups is 1. The molecule has 0 radical (unpaired) electrons. The number of rotatable bonds is 10. The molecule has 1 aliphatic carbocycles. The molecule has 0 spiro atoms. The summed E-state index contributed by atoms with van der Waals surface area (Å²) in [4.78, 5) is 15.3. The highest BCUT2D eigenvalue weighted by atomic mass is 16.5. The van der Waals surface area contributed by atoms with Crippen LogP contribution in [0, 0.1) is 82.7 Å². The number of ether oxygens (including phenoxy) is 1. The molecule has 3 aromatic carbocycles. The Morgan fingerprint density at radius 3 is 0.991 bits per heavy atom. The van der Waals surface area contributed by atoms with E-state index in [1.165, 1.54) is 113 Å². The van der Waals surface area contributed by atoms with Crippen molar-refractivity contribution in [2.24, 2.45) is 70.9 Å². The lowest BCUT2D eigenvalue weighted by atomic mass is 9.78. The molecule has 1 heterocycles. The Morgan fingerprint density at radius 1 is 0.409 bits per heavy atom. The minimum atomic E-state index is -0.155. The first kappa shape index (κ1) is 122. The topological polar surface area (TPSA) is 39.2 Å². The van der Waals surface area contributed by atoms with E-state index in [-0.39, 0.29) is 16.2 Å². The molecule has 4 aromatic rings. The number of carbonyl (C=O) groups excluding carboxylic acids is 1. The van der Waals surface area contributed by atoms with Crippen LogP contribution in [0.15, 0.2) is 116 Å². The van der Waals surface area contributed by atoms with Crippen molar-refractivity contribution in [2.75, 3.05) is 7.11 Å². The monoisotopic (exact) mass is 1530 g/mol. The minimum Gasteiger partial charge on any atom is -0.497 e. The summed E-state index contributed by atoms with van der Waals surface area (Å²) in [5.74, 6) is 8.79. The molecule has 0 atom stereocenters. The molecular formula is C107H201NO2. The normalized spacial score (nSPS) is 12.6. The number of aromatic nitrogens is 1. The Kier molecular flexibility index (Phi) is 68.7. The largest absolute Gasteiger partial charge is 0.497 e. The Morgan fingerprint density at radius 2 is 0.755 bits per heavy atom. The first-order valence-electron chi connectivity index (χ1n) is 43.9. The molecule has 0 bridgehead atoms. The fraction of sp³-hybridized carbons (Fsp3) is 0.757. The number of aryl methyl sites for hydroxylation is 1. The lowest BCUT2D eigenvalue weighted by molar-refractivity contribution is -0.126. The van der Waals surface area contributed by atoms with Gasteiger partial charge in [0.15, 0.2) is 0 Å². The fourth-order valence-corrected chi connectivity index (χ4v) is 9.26. The van der Waals surface area contributed by atoms with Crippen molar-refractivity contribution in [3.63, 3.8) is 0 Å². The average molecular weight is 1530 g/mol. The summed E-state index contributed by atoms with van der Waals surface area (Å²) >= 11 is 0. The first-order valence-corrected chi connectivity index (χ1v) is 43.9. The van der Waals surface area contributed by atoms with Crippen LogP contribution >= 0.6 is 0 Å². The molecule has 0 aliphatic heterocycles. The molecular weight excluding hydrogens is 1330 g/mol. The van der Waals surface area contributed by atoms with Crippen molar-refractivity contribution in [1.82, 2.24) is 4.98 Å². The van der Waals surface area contributed by atoms with Gasteiger partial charge in [-0.2, -0.15) is 0 Å². The van der Waals surface area contributed by atoms with Gasteiger partial charge in [0.25, 0.3) is 0 Å². The number of nitrogens with zero attached hydrogens (tertiary/aromatic N) is 1. The van der Waals surface area contributed by atoms with Crippen LogP contribution in [0.25, 0.3) is 0 Å². The van der Waals surface area contributed by atoms with Crippen molar-refractivity contribution in [3.05, 3.63) is 132 Å². The Hall–Kier alpha value is -4.16. The van der Waals surface area contributed by atoms with E-state index < -0.39 is 0 Å². The molecule has 0 saturated heterocycles. The Labute approximate surface area is 696 Å². The van der Waals surface area contributed by atoms with Gasteiger partial charge in [0, 0.05) is 36.1 Å². The molecule has 1 saturated carbocycles. The van der Waals surface area contributed by atoms with Crippen LogP contribution in [-0.2, 0) is 23.1 Å². The molecule has 1 fully saturated rings. The summed E-state index contributed by atoms with van der Waals surface area (Å²) in [6.07, 6.45) is 29.0. The zero-order chi connectivity index (χ0) is 88.4. The van der Waals surface area contributed by atoms with Crippen molar-refractivity contribution in [2.45, 2.75) is 452 Å². The van der Waals surface area contributed by atoms with Gasteiger partial charge in [0.05, 0.1) is 7.11 Å². The number of hydrogen-bond donors (Lipinski definition) is 0. The van der Waals surface area contributed by atoms with Gasteiger partial charge in [0.1, 0.15) is 11.5 Å². The van der Waals surface area contributed by atoms with E-state index in [1.807, 2.05) is 51.1 Å². The second kappa shape index (κ2) is 62.2. The average Bonchev–Trinajstić information content (AvgIpc) is 0.865. The summed E-state index contributed by atoms with van der Waals surface area (Å²) in [5.41, 5.74) is 9.25. The lowest BCUT2D eigenvalue weighted by Gasteiger charge is -2.28. The number of Topliss-reactive ketones (excluding diaryl/α,β-unsaturated/α-hetero) is 1. The quantitative estimate of drug-likeness (QED) is 0.149. The highest BCUT2D eigenvalue weighted by molar-refractivity contribution is 5.83. The summed E-state index contributed by atoms with van der Waals surface area (Å²) in [6, 6.07) is 35.3. The highest BCUT2D eigenvalue weighted by Crippen LogP contribution is 2.34. The van der Waals surface area contributed by atoms with Crippen molar-refractivity contribution >= 4 is 5.78 Å². The summed E-state index contributed by atoms with van der Waals surface area (Å²) in [6.45, 7) is 102. The lowest BCUT2D eigenvalue weighted by Crippen LogP contribution is -2.20. The standard InChI is InChI=1S/C12H24O.C12H18.C11H16O.C11H22.C11H16.C11H20.2C7H16.2C6H14.C5H5N.C5H12.C3H8/c1-11(2,3)9-7-8-10(13)12(4,5)6;1-12(2,3)10-9-11-7-5-4-6-8-11;1-11(2,3)9-5-7-10(12-4)8-6-9;2*1-11(2,3)9-10-7-5-4-6-8-10;1-10(2,3)8-7-9-11(4,5)6;2*1-5-6-7(2,3)4;2*1-5-6(2,3)4;1-2-4-6-5-3-1;1-5(2,3)4;1-3-2/h7-9H2,1-6H3;4-8H,9-10H2,1-3H3;5-8H,1-4H3;10H,4-9H2,1-3H3;4-8H,9H2,1-3H3;8H2,1-6H3;2*5-6H2,1-4H3;2*5H2,1-4H3;1-5H;1-4H3;3H2,1-2H3. The highest BCUT2D eigenvalue weighted by Gasteiger charge is 2.23. The minimum absolute atomic E-state index is 0.155. The van der Waals surface area contributed by atoms with Crippen LogP contribution in [0.4, 0.5) is 0 Å². The first-order chi connectivity index (χ1) is 49.3. The van der Waals surface area contributed by atoms with Crippen LogP contribution in [0.3, 0.4) is 0 Å².